The summed E-state index contributed by atoms with van der Waals surface area (Å²) >= 11 is 0. The van der Waals surface area contributed by atoms with Gasteiger partial charge in [0.2, 0.25) is 0 Å². The zero-order valence-corrected chi connectivity index (χ0v) is 7.80. The van der Waals surface area contributed by atoms with Crippen LogP contribution >= 0.6 is 0 Å². The zero-order chi connectivity index (χ0) is 8.53. The van der Waals surface area contributed by atoms with Crippen LogP contribution in [0.25, 0.3) is 0 Å². The van der Waals surface area contributed by atoms with Gasteiger partial charge in [0.05, 0.1) is 12.7 Å². The van der Waals surface area contributed by atoms with E-state index < -0.39 is 0 Å². The summed E-state index contributed by atoms with van der Waals surface area (Å²) in [4.78, 5) is 0. The molecule has 0 aliphatic rings. The molecule has 0 rings (SSSR count). The smallest absolute Gasteiger partial charge is 0.0804 e. The van der Waals surface area contributed by atoms with E-state index in [0.717, 1.165) is 19.4 Å². The molecule has 67 valence electrons. The maximum atomic E-state index is 5.31. The molecule has 0 fully saturated rings. The van der Waals surface area contributed by atoms with Gasteiger partial charge >= 0.3 is 0 Å². The molecular formula is C9H19O2. The lowest BCUT2D eigenvalue weighted by Gasteiger charge is -2.13. The maximum absolute atomic E-state index is 5.31. The quantitative estimate of drug-likeness (QED) is 0.529. The van der Waals surface area contributed by atoms with Crippen LogP contribution in [-0.4, -0.2) is 26.4 Å². The first-order valence-corrected chi connectivity index (χ1v) is 4.23. The second kappa shape index (κ2) is 8.02. The molecule has 0 amide bonds. The minimum absolute atomic E-state index is 0.278. The lowest BCUT2D eigenvalue weighted by Crippen LogP contribution is -2.18. The molecule has 0 aromatic heterocycles. The number of hydrogen-bond donors (Lipinski definition) is 0. The largest absolute Gasteiger partial charge is 0.379 e. The molecule has 0 saturated carbocycles. The Morgan fingerprint density at radius 3 is 2.64 bits per heavy atom. The number of rotatable bonds is 7. The molecule has 0 aromatic rings. The monoisotopic (exact) mass is 159 g/mol. The van der Waals surface area contributed by atoms with E-state index in [1.54, 1.807) is 7.11 Å². The van der Waals surface area contributed by atoms with Crippen molar-refractivity contribution >= 4 is 0 Å². The molecule has 0 spiro atoms. The van der Waals surface area contributed by atoms with Crippen molar-refractivity contribution in [3.05, 3.63) is 6.42 Å². The highest BCUT2D eigenvalue weighted by molar-refractivity contribution is 4.57. The average Bonchev–Trinajstić information content (AvgIpc) is 2.03. The second-order valence-corrected chi connectivity index (χ2v) is 2.59. The molecule has 2 heteroatoms. The van der Waals surface area contributed by atoms with Crippen LogP contribution in [0.4, 0.5) is 0 Å². The van der Waals surface area contributed by atoms with Crippen LogP contribution in [0.1, 0.15) is 26.7 Å². The highest BCUT2D eigenvalue weighted by atomic mass is 16.5. The van der Waals surface area contributed by atoms with Crippen LogP contribution in [0, 0.1) is 6.42 Å². The first-order valence-electron chi connectivity index (χ1n) is 4.23. The van der Waals surface area contributed by atoms with Gasteiger partial charge in [-0.15, -0.1) is 0 Å². The van der Waals surface area contributed by atoms with Gasteiger partial charge in [0.15, 0.2) is 0 Å². The van der Waals surface area contributed by atoms with E-state index in [-0.39, 0.29) is 6.10 Å². The van der Waals surface area contributed by atoms with Crippen molar-refractivity contribution in [1.29, 1.82) is 0 Å². The van der Waals surface area contributed by atoms with Crippen LogP contribution < -0.4 is 0 Å². The van der Waals surface area contributed by atoms with Crippen LogP contribution in [0.15, 0.2) is 0 Å². The first-order chi connectivity index (χ1) is 5.35. The van der Waals surface area contributed by atoms with Gasteiger partial charge in [-0.3, -0.25) is 0 Å². The van der Waals surface area contributed by atoms with Gasteiger partial charge in [0.25, 0.3) is 0 Å². The Hall–Kier alpha value is -0.0800. The SMILES string of the molecule is C[CH]COCC(CCC)OC. The summed E-state index contributed by atoms with van der Waals surface area (Å²) < 4.78 is 10.5. The number of hydrogen-bond acceptors (Lipinski definition) is 2. The molecule has 0 heterocycles. The van der Waals surface area contributed by atoms with Crippen LogP contribution in [0.5, 0.6) is 0 Å². The Kier molecular flexibility index (Phi) is 7.96. The molecule has 0 aliphatic heterocycles. The van der Waals surface area contributed by atoms with E-state index in [2.05, 4.69) is 6.92 Å². The van der Waals surface area contributed by atoms with Gasteiger partial charge in [0.1, 0.15) is 0 Å². The first kappa shape index (κ1) is 10.9. The van der Waals surface area contributed by atoms with Gasteiger partial charge in [-0.05, 0) is 12.8 Å². The Bertz CT molecular complexity index is 74.0. The van der Waals surface area contributed by atoms with E-state index in [1.807, 2.05) is 13.3 Å². The standard InChI is InChI=1S/C9H19O2/c1-4-6-9(10-3)8-11-7-5-2/h5,9H,4,6-8H2,1-3H3. The Morgan fingerprint density at radius 1 is 1.45 bits per heavy atom. The third-order valence-corrected chi connectivity index (χ3v) is 1.53. The maximum Gasteiger partial charge on any atom is 0.0804 e. The van der Waals surface area contributed by atoms with Crippen molar-refractivity contribution in [2.75, 3.05) is 20.3 Å². The van der Waals surface area contributed by atoms with E-state index in [9.17, 15) is 0 Å². The third kappa shape index (κ3) is 6.32. The molecule has 0 N–H and O–H groups in total. The highest BCUT2D eigenvalue weighted by Gasteiger charge is 2.04. The zero-order valence-electron chi connectivity index (χ0n) is 7.80. The van der Waals surface area contributed by atoms with Gasteiger partial charge < -0.3 is 9.47 Å². The fourth-order valence-electron chi connectivity index (χ4n) is 0.909. The van der Waals surface area contributed by atoms with E-state index in [4.69, 9.17) is 9.47 Å². The Labute approximate surface area is 69.9 Å². The van der Waals surface area contributed by atoms with Crippen molar-refractivity contribution in [3.63, 3.8) is 0 Å². The number of ether oxygens (including phenoxy) is 2. The van der Waals surface area contributed by atoms with Crippen molar-refractivity contribution in [3.8, 4) is 0 Å². The summed E-state index contributed by atoms with van der Waals surface area (Å²) in [7, 11) is 1.74. The summed E-state index contributed by atoms with van der Waals surface area (Å²) in [5.41, 5.74) is 0. The molecule has 0 bridgehead atoms. The van der Waals surface area contributed by atoms with Gasteiger partial charge in [-0.1, -0.05) is 20.3 Å². The second-order valence-electron chi connectivity index (χ2n) is 2.59. The predicted octanol–water partition coefficient (Wildman–Crippen LogP) is 2.04. The highest BCUT2D eigenvalue weighted by Crippen LogP contribution is 2.01. The van der Waals surface area contributed by atoms with Crippen molar-refractivity contribution in [1.82, 2.24) is 0 Å². The van der Waals surface area contributed by atoms with Gasteiger partial charge in [-0.25, -0.2) is 0 Å². The van der Waals surface area contributed by atoms with Gasteiger partial charge in [0, 0.05) is 13.7 Å². The molecule has 0 saturated heterocycles. The average molecular weight is 159 g/mol. The normalized spacial score (nSPS) is 13.4. The number of methoxy groups -OCH3 is 1. The van der Waals surface area contributed by atoms with Crippen LogP contribution in [0.3, 0.4) is 0 Å². The van der Waals surface area contributed by atoms with E-state index in [0.29, 0.717) is 6.61 Å². The Morgan fingerprint density at radius 2 is 2.18 bits per heavy atom. The minimum atomic E-state index is 0.278. The van der Waals surface area contributed by atoms with Crippen LogP contribution in [-0.2, 0) is 9.47 Å². The van der Waals surface area contributed by atoms with Crippen molar-refractivity contribution in [2.45, 2.75) is 32.8 Å². The van der Waals surface area contributed by atoms with E-state index >= 15 is 0 Å². The van der Waals surface area contributed by atoms with Crippen LogP contribution in [0.2, 0.25) is 0 Å². The minimum Gasteiger partial charge on any atom is -0.379 e. The molecule has 1 atom stereocenters. The lowest BCUT2D eigenvalue weighted by molar-refractivity contribution is 0.0103. The molecular weight excluding hydrogens is 140 g/mol. The molecule has 0 aromatic carbocycles. The summed E-state index contributed by atoms with van der Waals surface area (Å²) in [6, 6.07) is 0. The molecule has 11 heavy (non-hydrogen) atoms. The lowest BCUT2D eigenvalue weighted by atomic mass is 10.2. The van der Waals surface area contributed by atoms with Crippen molar-refractivity contribution < 1.29 is 9.47 Å². The topological polar surface area (TPSA) is 18.5 Å². The van der Waals surface area contributed by atoms with Crippen molar-refractivity contribution in [2.24, 2.45) is 0 Å². The molecule has 1 radical (unpaired) electrons. The summed E-state index contributed by atoms with van der Waals surface area (Å²) in [5, 5.41) is 0. The fourth-order valence-corrected chi connectivity index (χ4v) is 0.909. The summed E-state index contributed by atoms with van der Waals surface area (Å²) in [5.74, 6) is 0. The van der Waals surface area contributed by atoms with E-state index in [1.165, 1.54) is 0 Å². The third-order valence-electron chi connectivity index (χ3n) is 1.53. The predicted molar refractivity (Wildman–Crippen MR) is 46.5 cm³/mol. The molecule has 2 nitrogen and oxygen atoms in total. The molecule has 0 aliphatic carbocycles. The molecule has 1 unspecified atom stereocenters. The summed E-state index contributed by atoms with van der Waals surface area (Å²) in [6.45, 7) is 5.58. The summed E-state index contributed by atoms with van der Waals surface area (Å²) in [6.07, 6.45) is 4.51. The Balaban J connectivity index is 3.20. The van der Waals surface area contributed by atoms with Gasteiger partial charge in [-0.2, -0.15) is 0 Å². The fraction of sp³-hybridized carbons (Fsp3) is 0.889.